The highest BCUT2D eigenvalue weighted by Crippen LogP contribution is 2.16. The van der Waals surface area contributed by atoms with E-state index < -0.39 is 17.5 Å². The Morgan fingerprint density at radius 2 is 1.76 bits per heavy atom. The molecule has 0 radical (unpaired) electrons. The first kappa shape index (κ1) is 22.3. The number of aryl methyl sites for hydroxylation is 2. The molecule has 0 atom stereocenters. The molecule has 0 aliphatic carbocycles. The molecule has 0 unspecified atom stereocenters. The van der Waals surface area contributed by atoms with Gasteiger partial charge >= 0.3 is 0 Å². The van der Waals surface area contributed by atoms with Crippen molar-refractivity contribution in [2.24, 2.45) is 0 Å². The summed E-state index contributed by atoms with van der Waals surface area (Å²) in [5.41, 5.74) is 2.01. The number of hydrogen-bond donors (Lipinski definition) is 1. The predicted octanol–water partition coefficient (Wildman–Crippen LogP) is 3.63. The van der Waals surface area contributed by atoms with Gasteiger partial charge in [-0.2, -0.15) is 0 Å². The number of likely N-dealkylation sites (N-methyl/N-ethyl adjacent to an activating group) is 1. The van der Waals surface area contributed by atoms with E-state index in [0.29, 0.717) is 25.6 Å². The van der Waals surface area contributed by atoms with Gasteiger partial charge in [-0.05, 0) is 55.7 Å². The van der Waals surface area contributed by atoms with Crippen molar-refractivity contribution >= 4 is 11.8 Å². The second-order valence-electron chi connectivity index (χ2n) is 6.97. The highest BCUT2D eigenvalue weighted by Gasteiger charge is 2.13. The van der Waals surface area contributed by atoms with Crippen LogP contribution in [-0.4, -0.2) is 43.5 Å². The molecule has 0 fully saturated rings. The van der Waals surface area contributed by atoms with Gasteiger partial charge in [0.2, 0.25) is 5.91 Å². The van der Waals surface area contributed by atoms with Crippen LogP contribution < -0.4 is 10.1 Å². The minimum absolute atomic E-state index is 0.0729. The van der Waals surface area contributed by atoms with Gasteiger partial charge in [0.05, 0.1) is 12.1 Å². The van der Waals surface area contributed by atoms with E-state index in [1.54, 1.807) is 11.9 Å². The molecule has 29 heavy (non-hydrogen) atoms. The van der Waals surface area contributed by atoms with Crippen molar-refractivity contribution in [2.45, 2.75) is 26.7 Å². The molecule has 156 valence electrons. The summed E-state index contributed by atoms with van der Waals surface area (Å²) in [6.07, 6.45) is 0.655. The molecule has 0 bridgehead atoms. The maximum atomic E-state index is 13.6. The van der Waals surface area contributed by atoms with E-state index in [9.17, 15) is 18.4 Å². The molecule has 0 spiro atoms. The van der Waals surface area contributed by atoms with E-state index in [0.717, 1.165) is 29.0 Å². The molecule has 0 saturated heterocycles. The minimum atomic E-state index is -0.915. The lowest BCUT2D eigenvalue weighted by Crippen LogP contribution is -2.32. The molecule has 0 aromatic heterocycles. The third-order valence-corrected chi connectivity index (χ3v) is 4.35. The smallest absolute Gasteiger partial charge is 0.254 e. The Balaban J connectivity index is 1.67. The topological polar surface area (TPSA) is 58.6 Å². The average molecular weight is 404 g/mol. The quantitative estimate of drug-likeness (QED) is 0.650. The Labute approximate surface area is 169 Å². The number of hydrogen-bond acceptors (Lipinski definition) is 3. The van der Waals surface area contributed by atoms with Crippen LogP contribution in [0, 0.1) is 25.5 Å². The molecular weight excluding hydrogens is 378 g/mol. The van der Waals surface area contributed by atoms with E-state index in [2.05, 4.69) is 11.4 Å². The van der Waals surface area contributed by atoms with Crippen LogP contribution in [0.3, 0.4) is 0 Å². The molecule has 0 aliphatic rings. The first-order valence-corrected chi connectivity index (χ1v) is 9.44. The summed E-state index contributed by atoms with van der Waals surface area (Å²) in [5, 5.41) is 2.53. The lowest BCUT2D eigenvalue weighted by molar-refractivity contribution is -0.130. The summed E-state index contributed by atoms with van der Waals surface area (Å²) in [6.45, 7) is 5.04. The second-order valence-corrected chi connectivity index (χ2v) is 6.97. The predicted molar refractivity (Wildman–Crippen MR) is 107 cm³/mol. The van der Waals surface area contributed by atoms with Gasteiger partial charge in [-0.3, -0.25) is 9.59 Å². The van der Waals surface area contributed by atoms with E-state index in [1.165, 1.54) is 0 Å². The van der Waals surface area contributed by atoms with Gasteiger partial charge in [-0.15, -0.1) is 0 Å². The van der Waals surface area contributed by atoms with Crippen molar-refractivity contribution in [1.29, 1.82) is 0 Å². The zero-order valence-corrected chi connectivity index (χ0v) is 16.9. The molecule has 1 N–H and O–H groups in total. The molecule has 2 aromatic carbocycles. The van der Waals surface area contributed by atoms with E-state index in [-0.39, 0.29) is 24.4 Å². The van der Waals surface area contributed by atoms with Crippen LogP contribution in [0.4, 0.5) is 8.78 Å². The Morgan fingerprint density at radius 1 is 1.07 bits per heavy atom. The van der Waals surface area contributed by atoms with Gasteiger partial charge in [-0.25, -0.2) is 8.78 Å². The number of halogens is 2. The largest absolute Gasteiger partial charge is 0.492 e. The zero-order valence-electron chi connectivity index (χ0n) is 16.9. The third kappa shape index (κ3) is 7.18. The normalized spacial score (nSPS) is 10.5. The van der Waals surface area contributed by atoms with E-state index in [4.69, 9.17) is 4.74 Å². The molecule has 0 aliphatic heterocycles. The van der Waals surface area contributed by atoms with Gasteiger partial charge in [0.25, 0.3) is 5.91 Å². The Bertz CT molecular complexity index is 851. The molecule has 0 saturated carbocycles. The van der Waals surface area contributed by atoms with Crippen molar-refractivity contribution < 1.29 is 23.1 Å². The van der Waals surface area contributed by atoms with E-state index >= 15 is 0 Å². The van der Waals surface area contributed by atoms with Crippen LogP contribution in [-0.2, 0) is 4.79 Å². The minimum Gasteiger partial charge on any atom is -0.492 e. The van der Waals surface area contributed by atoms with Gasteiger partial charge in [0.15, 0.2) is 0 Å². The Morgan fingerprint density at radius 3 is 2.41 bits per heavy atom. The molecular formula is C22H26F2N2O3. The first-order chi connectivity index (χ1) is 13.8. The molecule has 7 heteroatoms. The number of carbonyl (C=O) groups is 2. The summed E-state index contributed by atoms with van der Waals surface area (Å²) in [4.78, 5) is 25.6. The Kier molecular flexibility index (Phi) is 8.12. The highest BCUT2D eigenvalue weighted by molar-refractivity contribution is 5.94. The lowest BCUT2D eigenvalue weighted by atomic mass is 10.1. The molecule has 2 rings (SSSR count). The molecule has 5 nitrogen and oxygen atoms in total. The number of amides is 2. The summed E-state index contributed by atoms with van der Waals surface area (Å²) in [5.74, 6) is -1.59. The first-order valence-electron chi connectivity index (χ1n) is 9.44. The monoisotopic (exact) mass is 404 g/mol. The number of carbonyl (C=O) groups excluding carboxylic acids is 2. The van der Waals surface area contributed by atoms with Crippen LogP contribution in [0.1, 0.15) is 34.3 Å². The van der Waals surface area contributed by atoms with Crippen molar-refractivity contribution in [3.63, 3.8) is 0 Å². The van der Waals surface area contributed by atoms with E-state index in [1.807, 2.05) is 26.0 Å². The summed E-state index contributed by atoms with van der Waals surface area (Å²) in [7, 11) is 1.69. The summed E-state index contributed by atoms with van der Waals surface area (Å²) in [6, 6.07) is 8.73. The van der Waals surface area contributed by atoms with Crippen LogP contribution in [0.5, 0.6) is 5.75 Å². The van der Waals surface area contributed by atoms with Gasteiger partial charge in [0, 0.05) is 26.1 Å². The van der Waals surface area contributed by atoms with Crippen molar-refractivity contribution in [1.82, 2.24) is 10.2 Å². The van der Waals surface area contributed by atoms with Crippen molar-refractivity contribution in [3.05, 3.63) is 64.7 Å². The van der Waals surface area contributed by atoms with Crippen LogP contribution in [0.2, 0.25) is 0 Å². The SMILES string of the molecule is Cc1cc(C)cc(OCCN(C)C(=O)CCCNC(=O)c2ccc(F)cc2F)c1. The number of nitrogens with zero attached hydrogens (tertiary/aromatic N) is 1. The standard InChI is InChI=1S/C22H26F2N2O3/c1-15-11-16(2)13-18(12-15)29-10-9-26(3)21(27)5-4-8-25-22(28)19-7-6-17(23)14-20(19)24/h6-7,11-14H,4-5,8-10H2,1-3H3,(H,25,28). The van der Waals surface area contributed by atoms with Crippen LogP contribution in [0.25, 0.3) is 0 Å². The third-order valence-electron chi connectivity index (χ3n) is 4.35. The highest BCUT2D eigenvalue weighted by atomic mass is 19.1. The fourth-order valence-corrected chi connectivity index (χ4v) is 2.84. The van der Waals surface area contributed by atoms with Crippen LogP contribution >= 0.6 is 0 Å². The maximum Gasteiger partial charge on any atom is 0.254 e. The summed E-state index contributed by atoms with van der Waals surface area (Å²) < 4.78 is 32.1. The summed E-state index contributed by atoms with van der Waals surface area (Å²) >= 11 is 0. The van der Waals surface area contributed by atoms with Crippen molar-refractivity contribution in [2.75, 3.05) is 26.7 Å². The van der Waals surface area contributed by atoms with Crippen LogP contribution in [0.15, 0.2) is 36.4 Å². The Hall–Kier alpha value is -2.96. The number of nitrogens with one attached hydrogen (secondary N) is 1. The average Bonchev–Trinajstić information content (AvgIpc) is 2.64. The van der Waals surface area contributed by atoms with Crippen molar-refractivity contribution in [3.8, 4) is 5.75 Å². The molecule has 2 amide bonds. The van der Waals surface area contributed by atoms with Gasteiger partial charge < -0.3 is 15.0 Å². The number of rotatable bonds is 9. The number of benzene rings is 2. The van der Waals surface area contributed by atoms with Gasteiger partial charge in [0.1, 0.15) is 24.0 Å². The fraction of sp³-hybridized carbons (Fsp3) is 0.364. The molecule has 0 heterocycles. The molecule has 2 aromatic rings. The zero-order chi connectivity index (χ0) is 21.4. The lowest BCUT2D eigenvalue weighted by Gasteiger charge is -2.18. The number of ether oxygens (including phenoxy) is 1. The van der Waals surface area contributed by atoms with Gasteiger partial charge in [-0.1, -0.05) is 6.07 Å². The maximum absolute atomic E-state index is 13.6. The second kappa shape index (κ2) is 10.5. The fourth-order valence-electron chi connectivity index (χ4n) is 2.84.